The van der Waals surface area contributed by atoms with Crippen LogP contribution in [0.3, 0.4) is 0 Å². The number of unbranched alkanes of at least 4 members (excludes halogenated alkanes) is 1. The van der Waals surface area contributed by atoms with E-state index < -0.39 is 0 Å². The number of carbonyl (C=O) groups is 1. The molecule has 110 valence electrons. The Morgan fingerprint density at radius 1 is 1.14 bits per heavy atom. The second-order valence-electron chi connectivity index (χ2n) is 5.05. The maximum absolute atomic E-state index is 12.1. The molecule has 21 heavy (non-hydrogen) atoms. The van der Waals surface area contributed by atoms with Crippen LogP contribution in [-0.2, 0) is 6.61 Å². The molecule has 0 aliphatic heterocycles. The van der Waals surface area contributed by atoms with Gasteiger partial charge in [-0.1, -0.05) is 43.7 Å². The molecule has 2 N–H and O–H groups in total. The lowest BCUT2D eigenvalue weighted by Gasteiger charge is -2.10. The highest BCUT2D eigenvalue weighted by Gasteiger charge is 2.10. The van der Waals surface area contributed by atoms with E-state index in [0.29, 0.717) is 30.0 Å². The van der Waals surface area contributed by atoms with Crippen molar-refractivity contribution >= 4 is 11.5 Å². The SMILES string of the molecule is CCCCC(=O)c1cc(OCc2ccccc2)ccc1N. The second kappa shape index (κ2) is 7.48. The van der Waals surface area contributed by atoms with Crippen LogP contribution in [0.25, 0.3) is 0 Å². The van der Waals surface area contributed by atoms with Crippen LogP contribution in [0.2, 0.25) is 0 Å². The third-order valence-electron chi connectivity index (χ3n) is 3.33. The van der Waals surface area contributed by atoms with Gasteiger partial charge >= 0.3 is 0 Å². The summed E-state index contributed by atoms with van der Waals surface area (Å²) in [5.41, 5.74) is 8.06. The highest BCUT2D eigenvalue weighted by atomic mass is 16.5. The van der Waals surface area contributed by atoms with E-state index in [1.807, 2.05) is 30.3 Å². The molecule has 0 spiro atoms. The second-order valence-corrected chi connectivity index (χ2v) is 5.05. The first kappa shape index (κ1) is 15.1. The minimum absolute atomic E-state index is 0.0829. The first-order valence-corrected chi connectivity index (χ1v) is 7.30. The Labute approximate surface area is 125 Å². The summed E-state index contributed by atoms with van der Waals surface area (Å²) in [6, 6.07) is 15.2. The summed E-state index contributed by atoms with van der Waals surface area (Å²) in [4.78, 5) is 12.1. The molecule has 2 rings (SSSR count). The molecule has 0 radical (unpaired) electrons. The van der Waals surface area contributed by atoms with Crippen molar-refractivity contribution < 1.29 is 9.53 Å². The van der Waals surface area contributed by atoms with Crippen LogP contribution in [0.15, 0.2) is 48.5 Å². The summed E-state index contributed by atoms with van der Waals surface area (Å²) in [5.74, 6) is 0.757. The van der Waals surface area contributed by atoms with Gasteiger partial charge in [-0.15, -0.1) is 0 Å². The number of nitrogen functional groups attached to an aromatic ring is 1. The monoisotopic (exact) mass is 283 g/mol. The Kier molecular flexibility index (Phi) is 5.38. The minimum Gasteiger partial charge on any atom is -0.489 e. The first-order chi connectivity index (χ1) is 10.2. The van der Waals surface area contributed by atoms with Crippen molar-refractivity contribution in [2.24, 2.45) is 0 Å². The number of ether oxygens (including phenoxy) is 1. The zero-order valence-electron chi connectivity index (χ0n) is 12.3. The van der Waals surface area contributed by atoms with Gasteiger partial charge in [0.2, 0.25) is 0 Å². The van der Waals surface area contributed by atoms with Crippen molar-refractivity contribution in [1.29, 1.82) is 0 Å². The van der Waals surface area contributed by atoms with Gasteiger partial charge in [-0.3, -0.25) is 4.79 Å². The zero-order chi connectivity index (χ0) is 15.1. The van der Waals surface area contributed by atoms with Crippen molar-refractivity contribution in [3.63, 3.8) is 0 Å². The van der Waals surface area contributed by atoms with E-state index in [4.69, 9.17) is 10.5 Å². The molecule has 0 aliphatic rings. The Bertz CT molecular complexity index is 593. The molecular weight excluding hydrogens is 262 g/mol. The topological polar surface area (TPSA) is 52.3 Å². The smallest absolute Gasteiger partial charge is 0.165 e. The fourth-order valence-corrected chi connectivity index (χ4v) is 2.08. The number of hydrogen-bond acceptors (Lipinski definition) is 3. The van der Waals surface area contributed by atoms with Crippen LogP contribution < -0.4 is 10.5 Å². The number of carbonyl (C=O) groups excluding carboxylic acids is 1. The van der Waals surface area contributed by atoms with Gasteiger partial charge in [-0.25, -0.2) is 0 Å². The van der Waals surface area contributed by atoms with Crippen molar-refractivity contribution in [1.82, 2.24) is 0 Å². The molecule has 0 unspecified atom stereocenters. The van der Waals surface area contributed by atoms with E-state index in [1.54, 1.807) is 18.2 Å². The molecule has 3 heteroatoms. The average molecular weight is 283 g/mol. The van der Waals surface area contributed by atoms with Crippen LogP contribution >= 0.6 is 0 Å². The summed E-state index contributed by atoms with van der Waals surface area (Å²) >= 11 is 0. The van der Waals surface area contributed by atoms with Crippen LogP contribution in [-0.4, -0.2) is 5.78 Å². The number of benzene rings is 2. The van der Waals surface area contributed by atoms with Gasteiger partial charge in [0, 0.05) is 17.7 Å². The maximum Gasteiger partial charge on any atom is 0.165 e. The van der Waals surface area contributed by atoms with Gasteiger partial charge in [0.15, 0.2) is 5.78 Å². The zero-order valence-corrected chi connectivity index (χ0v) is 12.3. The number of ketones is 1. The number of hydrogen-bond donors (Lipinski definition) is 1. The van der Waals surface area contributed by atoms with Gasteiger partial charge in [-0.2, -0.15) is 0 Å². The van der Waals surface area contributed by atoms with Crippen LogP contribution in [0.4, 0.5) is 5.69 Å². The predicted octanol–water partition coefficient (Wildman–Crippen LogP) is 4.22. The van der Waals surface area contributed by atoms with Gasteiger partial charge < -0.3 is 10.5 Å². The van der Waals surface area contributed by atoms with Crippen molar-refractivity contribution in [3.8, 4) is 5.75 Å². The molecule has 2 aromatic rings. The quantitative estimate of drug-likeness (QED) is 0.611. The maximum atomic E-state index is 12.1. The standard InChI is InChI=1S/C18H21NO2/c1-2-3-9-18(20)16-12-15(10-11-17(16)19)21-13-14-7-5-4-6-8-14/h4-8,10-12H,2-3,9,13,19H2,1H3. The molecule has 0 heterocycles. The normalized spacial score (nSPS) is 10.3. The molecule has 0 saturated carbocycles. The molecule has 0 saturated heterocycles. The number of Topliss-reactive ketones (excluding diaryl/α,β-unsaturated/α-hetero) is 1. The lowest BCUT2D eigenvalue weighted by Crippen LogP contribution is -2.05. The van der Waals surface area contributed by atoms with Gasteiger partial charge in [0.25, 0.3) is 0 Å². The minimum atomic E-state index is 0.0829. The number of anilines is 1. The largest absolute Gasteiger partial charge is 0.489 e. The van der Waals surface area contributed by atoms with Crippen molar-refractivity contribution in [2.45, 2.75) is 32.8 Å². The Morgan fingerprint density at radius 2 is 1.90 bits per heavy atom. The van der Waals surface area contributed by atoms with Gasteiger partial charge in [0.05, 0.1) is 0 Å². The van der Waals surface area contributed by atoms with E-state index in [1.165, 1.54) is 0 Å². The van der Waals surface area contributed by atoms with Gasteiger partial charge in [-0.05, 0) is 30.2 Å². The summed E-state index contributed by atoms with van der Waals surface area (Å²) in [7, 11) is 0. The van der Waals surface area contributed by atoms with Crippen LogP contribution in [0.1, 0.15) is 42.1 Å². The highest BCUT2D eigenvalue weighted by Crippen LogP contribution is 2.22. The van der Waals surface area contributed by atoms with Crippen molar-refractivity contribution in [3.05, 3.63) is 59.7 Å². The van der Waals surface area contributed by atoms with E-state index in [9.17, 15) is 4.79 Å². The lowest BCUT2D eigenvalue weighted by molar-refractivity contribution is 0.0980. The van der Waals surface area contributed by atoms with E-state index >= 15 is 0 Å². The Hall–Kier alpha value is -2.29. The van der Waals surface area contributed by atoms with Crippen LogP contribution in [0, 0.1) is 0 Å². The molecule has 0 amide bonds. The van der Waals surface area contributed by atoms with Crippen LogP contribution in [0.5, 0.6) is 5.75 Å². The van der Waals surface area contributed by atoms with E-state index in [-0.39, 0.29) is 5.78 Å². The summed E-state index contributed by atoms with van der Waals surface area (Å²) < 4.78 is 5.73. The first-order valence-electron chi connectivity index (χ1n) is 7.30. The molecular formula is C18H21NO2. The van der Waals surface area contributed by atoms with Crippen molar-refractivity contribution in [2.75, 3.05) is 5.73 Å². The highest BCUT2D eigenvalue weighted by molar-refractivity contribution is 6.01. The molecule has 0 fully saturated rings. The lowest BCUT2D eigenvalue weighted by atomic mass is 10.0. The predicted molar refractivity (Wildman–Crippen MR) is 85.5 cm³/mol. The Balaban J connectivity index is 2.06. The summed E-state index contributed by atoms with van der Waals surface area (Å²) in [5, 5.41) is 0. The fourth-order valence-electron chi connectivity index (χ4n) is 2.08. The molecule has 0 aromatic heterocycles. The molecule has 2 aromatic carbocycles. The van der Waals surface area contributed by atoms with Gasteiger partial charge in [0.1, 0.15) is 12.4 Å². The third-order valence-corrected chi connectivity index (χ3v) is 3.33. The molecule has 0 aliphatic carbocycles. The molecule has 3 nitrogen and oxygen atoms in total. The Morgan fingerprint density at radius 3 is 2.62 bits per heavy atom. The number of rotatable bonds is 7. The summed E-state index contributed by atoms with van der Waals surface area (Å²) in [6.07, 6.45) is 2.41. The molecule has 0 atom stereocenters. The number of nitrogens with two attached hydrogens (primary N) is 1. The third kappa shape index (κ3) is 4.35. The molecule has 0 bridgehead atoms. The summed E-state index contributed by atoms with van der Waals surface area (Å²) in [6.45, 7) is 2.55. The van der Waals surface area contributed by atoms with E-state index in [0.717, 1.165) is 18.4 Å². The fraction of sp³-hybridized carbons (Fsp3) is 0.278. The van der Waals surface area contributed by atoms with E-state index in [2.05, 4.69) is 6.92 Å². The average Bonchev–Trinajstić information content (AvgIpc) is 2.52.